The van der Waals surface area contributed by atoms with Crippen molar-refractivity contribution >= 4 is 36.7 Å². The van der Waals surface area contributed by atoms with Crippen LogP contribution in [-0.2, 0) is 18.4 Å². The van der Waals surface area contributed by atoms with Crippen LogP contribution in [0.5, 0.6) is 0 Å². The number of nitrogens with zero attached hydrogens (tertiary/aromatic N) is 2. The molecule has 4 rings (SSSR count). The third-order valence-corrected chi connectivity index (χ3v) is 3.44. The molecule has 0 radical (unpaired) electrons. The highest BCUT2D eigenvalue weighted by Gasteiger charge is 2.60. The molecule has 2 bridgehead atoms. The predicted octanol–water partition coefficient (Wildman–Crippen LogP) is 2.95. The van der Waals surface area contributed by atoms with E-state index in [9.17, 15) is 4.57 Å². The van der Waals surface area contributed by atoms with Gasteiger partial charge in [0.15, 0.2) is 0 Å². The van der Waals surface area contributed by atoms with E-state index in [0.717, 1.165) is 10.5 Å². The molecule has 3 aliphatic rings. The molecule has 80 valence electrons. The van der Waals surface area contributed by atoms with Gasteiger partial charge in [-0.2, -0.15) is 0 Å². The number of fused-ring (bicyclic) bond motifs is 1. The predicted molar refractivity (Wildman–Crippen MR) is 51.6 cm³/mol. The fraction of sp³-hybridized carbons (Fsp3) is 0. The number of phosphoric acid groups is 1. The third kappa shape index (κ3) is 1.38. The summed E-state index contributed by atoms with van der Waals surface area (Å²) in [6, 6.07) is 4.89. The maximum atomic E-state index is 11.3. The van der Waals surface area contributed by atoms with E-state index in [1.807, 2.05) is 0 Å². The Kier molecular flexibility index (Phi) is 2.03. The molecule has 3 fully saturated rings. The Bertz CT molecular complexity index is 454. The highest BCUT2D eigenvalue weighted by Crippen LogP contribution is 2.68. The molecule has 15 heavy (non-hydrogen) atoms. The molecule has 3 heterocycles. The van der Waals surface area contributed by atoms with Crippen LogP contribution in [0.4, 0.5) is 5.69 Å². The average molecular weight is 269 g/mol. The molecule has 3 aliphatic heterocycles. The lowest BCUT2D eigenvalue weighted by molar-refractivity contribution is -0.318. The zero-order chi connectivity index (χ0) is 10.6. The number of hydrogen-bond donors (Lipinski definition) is 0. The van der Waals surface area contributed by atoms with Crippen LogP contribution in [0.2, 0.25) is 10.0 Å². The fourth-order valence-corrected chi connectivity index (χ4v) is 2.61. The van der Waals surface area contributed by atoms with Crippen LogP contribution < -0.4 is 5.17 Å². The molecule has 0 amide bonds. The van der Waals surface area contributed by atoms with Gasteiger partial charge in [-0.05, 0) is 12.1 Å². The number of halogens is 2. The number of hydrogen-bond acceptors (Lipinski definition) is 6. The summed E-state index contributed by atoms with van der Waals surface area (Å²) in [5.74, 6) is 0. The average Bonchev–Trinajstić information content (AvgIpc) is 2.57. The zero-order valence-electron chi connectivity index (χ0n) is 6.96. The Morgan fingerprint density at radius 3 is 2.20 bits per heavy atom. The van der Waals surface area contributed by atoms with E-state index in [0.29, 0.717) is 15.7 Å². The summed E-state index contributed by atoms with van der Waals surface area (Å²) in [5, 5.41) is 2.48. The largest absolute Gasteiger partial charge is 0.538 e. The summed E-state index contributed by atoms with van der Waals surface area (Å²) in [6.07, 6.45) is 0. The van der Waals surface area contributed by atoms with Gasteiger partial charge >= 0.3 is 7.82 Å². The van der Waals surface area contributed by atoms with E-state index >= 15 is 0 Å². The number of rotatable bonds is 1. The lowest BCUT2D eigenvalue weighted by Crippen LogP contribution is -2.34. The Morgan fingerprint density at radius 1 is 1.13 bits per heavy atom. The molecule has 9 heteroatoms. The highest BCUT2D eigenvalue weighted by atomic mass is 35.5. The van der Waals surface area contributed by atoms with Gasteiger partial charge in [-0.3, -0.25) is 0 Å². The van der Waals surface area contributed by atoms with E-state index in [-0.39, 0.29) is 0 Å². The standard InChI is InChI=1S/C6H3Cl2N2O4P/c7-4-2-1-3-5(8)6(4)9-10-13-15(11,12-9)14-10/h1-3H. The molecule has 0 spiro atoms. The highest BCUT2D eigenvalue weighted by molar-refractivity contribution is 7.49. The van der Waals surface area contributed by atoms with Crippen LogP contribution in [0.3, 0.4) is 0 Å². The third-order valence-electron chi connectivity index (χ3n) is 1.79. The van der Waals surface area contributed by atoms with Gasteiger partial charge < -0.3 is 0 Å². The van der Waals surface area contributed by atoms with Gasteiger partial charge in [0.25, 0.3) is 0 Å². The van der Waals surface area contributed by atoms with E-state index in [1.165, 1.54) is 0 Å². The topological polar surface area (TPSA) is 51.2 Å². The second-order valence-corrected chi connectivity index (χ2v) is 4.97. The monoisotopic (exact) mass is 268 g/mol. The maximum absolute atomic E-state index is 11.3. The number of para-hydroxylation sites is 1. The first-order valence-electron chi connectivity index (χ1n) is 3.82. The van der Waals surface area contributed by atoms with Gasteiger partial charge in [0.05, 0.1) is 15.4 Å². The normalized spacial score (nSPS) is 32.9. The Balaban J connectivity index is 2.04. The number of anilines is 1. The van der Waals surface area contributed by atoms with Crippen molar-refractivity contribution in [1.82, 2.24) is 5.34 Å². The van der Waals surface area contributed by atoms with Crippen molar-refractivity contribution in [2.75, 3.05) is 5.17 Å². The molecule has 0 saturated carbocycles. The van der Waals surface area contributed by atoms with Gasteiger partial charge in [-0.1, -0.05) is 29.3 Å². The van der Waals surface area contributed by atoms with Crippen LogP contribution in [-0.4, -0.2) is 5.34 Å². The van der Waals surface area contributed by atoms with Crippen LogP contribution in [0.15, 0.2) is 18.2 Å². The van der Waals surface area contributed by atoms with Gasteiger partial charge in [-0.25, -0.2) is 4.57 Å². The molecule has 1 aromatic rings. The van der Waals surface area contributed by atoms with Crippen molar-refractivity contribution in [1.29, 1.82) is 0 Å². The number of hydrazine groups is 1. The molecule has 1 aromatic carbocycles. The zero-order valence-corrected chi connectivity index (χ0v) is 9.37. The van der Waals surface area contributed by atoms with Crippen molar-refractivity contribution in [2.24, 2.45) is 0 Å². The smallest absolute Gasteiger partial charge is 0.222 e. The molecule has 0 atom stereocenters. The van der Waals surface area contributed by atoms with Gasteiger partial charge in [0.1, 0.15) is 5.69 Å². The lowest BCUT2D eigenvalue weighted by Gasteiger charge is -2.22. The second-order valence-electron chi connectivity index (χ2n) is 2.77. The summed E-state index contributed by atoms with van der Waals surface area (Å²) in [6.45, 7) is 0. The summed E-state index contributed by atoms with van der Waals surface area (Å²) in [7, 11) is -3.43. The van der Waals surface area contributed by atoms with Crippen LogP contribution in [0, 0.1) is 0 Å². The minimum absolute atomic E-state index is 0.316. The maximum Gasteiger partial charge on any atom is 0.538 e. The van der Waals surface area contributed by atoms with E-state index in [4.69, 9.17) is 27.8 Å². The Labute approximate surface area is 94.3 Å². The van der Waals surface area contributed by atoms with E-state index in [1.54, 1.807) is 18.2 Å². The summed E-state index contributed by atoms with van der Waals surface area (Å²) < 4.78 is 25.5. The molecule has 0 unspecified atom stereocenters. The molecular weight excluding hydrogens is 266 g/mol. The fourth-order valence-electron chi connectivity index (χ4n) is 1.19. The molecule has 6 nitrogen and oxygen atoms in total. The van der Waals surface area contributed by atoms with Crippen molar-refractivity contribution in [2.45, 2.75) is 0 Å². The van der Waals surface area contributed by atoms with Crippen LogP contribution in [0.25, 0.3) is 0 Å². The molecule has 3 saturated heterocycles. The van der Waals surface area contributed by atoms with Crippen LogP contribution in [0.1, 0.15) is 0 Å². The summed E-state index contributed by atoms with van der Waals surface area (Å²) in [5.41, 5.74) is 0.316. The van der Waals surface area contributed by atoms with E-state index in [2.05, 4.69) is 9.25 Å². The van der Waals surface area contributed by atoms with Gasteiger partial charge in [0.2, 0.25) is 0 Å². The summed E-state index contributed by atoms with van der Waals surface area (Å²) in [4.78, 5) is 0. The molecule has 0 aromatic heterocycles. The second kappa shape index (κ2) is 3.09. The van der Waals surface area contributed by atoms with Gasteiger partial charge in [-0.15, -0.1) is 19.0 Å². The Morgan fingerprint density at radius 2 is 1.73 bits per heavy atom. The molecular formula is C6H3Cl2N2O4P. The first kappa shape index (κ1) is 9.86. The summed E-state index contributed by atoms with van der Waals surface area (Å²) >= 11 is 11.8. The number of benzene rings is 1. The Hall–Kier alpha value is -0.330. The molecule has 0 N–H and O–H groups in total. The van der Waals surface area contributed by atoms with Crippen molar-refractivity contribution < 1.29 is 18.4 Å². The minimum atomic E-state index is -3.43. The minimum Gasteiger partial charge on any atom is -0.222 e. The first-order valence-corrected chi connectivity index (χ1v) is 6.04. The van der Waals surface area contributed by atoms with Gasteiger partial charge in [0, 0.05) is 0 Å². The van der Waals surface area contributed by atoms with E-state index < -0.39 is 7.82 Å². The van der Waals surface area contributed by atoms with Crippen molar-refractivity contribution in [3.8, 4) is 0 Å². The van der Waals surface area contributed by atoms with Crippen LogP contribution >= 0.6 is 31.0 Å². The van der Waals surface area contributed by atoms with Crippen molar-refractivity contribution in [3.63, 3.8) is 0 Å². The lowest BCUT2D eigenvalue weighted by atomic mass is 10.3. The van der Waals surface area contributed by atoms with Crippen molar-refractivity contribution in [3.05, 3.63) is 28.2 Å². The SMILES string of the molecule is O=P12ON(O1)N(c1c(Cl)cccc1Cl)O2. The quantitative estimate of drug-likeness (QED) is 0.730. The molecule has 0 aliphatic carbocycles. The first-order chi connectivity index (χ1) is 7.09.